The van der Waals surface area contributed by atoms with Crippen LogP contribution in [0.25, 0.3) is 10.6 Å². The summed E-state index contributed by atoms with van der Waals surface area (Å²) < 4.78 is 25.7. The van der Waals surface area contributed by atoms with E-state index in [2.05, 4.69) is 9.88 Å². The van der Waals surface area contributed by atoms with Gasteiger partial charge in [0, 0.05) is 17.6 Å². The number of ether oxygens (including phenoxy) is 2. The number of carboxylic acid groups (broad SMARTS) is 1. The summed E-state index contributed by atoms with van der Waals surface area (Å²) in [5.41, 5.74) is -0.283. The molecule has 1 fully saturated rings. The van der Waals surface area contributed by atoms with Gasteiger partial charge in [0.1, 0.15) is 23.2 Å². The van der Waals surface area contributed by atoms with Gasteiger partial charge >= 0.3 is 5.97 Å². The highest BCUT2D eigenvalue weighted by Gasteiger charge is 2.23. The first-order chi connectivity index (χ1) is 12.0. The van der Waals surface area contributed by atoms with Gasteiger partial charge in [-0.1, -0.05) is 0 Å². The number of aromatic nitrogens is 1. The maximum Gasteiger partial charge on any atom is 0.338 e. The lowest BCUT2D eigenvalue weighted by molar-refractivity contribution is -0.0108. The third kappa shape index (κ3) is 3.97. The smallest absolute Gasteiger partial charge is 0.338 e. The second kappa shape index (κ2) is 7.47. The molecule has 1 aromatic carbocycles. The number of morpholine rings is 1. The van der Waals surface area contributed by atoms with Crippen molar-refractivity contribution < 1.29 is 23.8 Å². The summed E-state index contributed by atoms with van der Waals surface area (Å²) >= 11 is 1.30. The fraction of sp³-hybridized carbons (Fsp3) is 0.412. The molecule has 8 heteroatoms. The zero-order valence-corrected chi connectivity index (χ0v) is 14.8. The molecule has 0 spiro atoms. The molecule has 1 unspecified atom stereocenters. The molecule has 3 rings (SSSR count). The molecule has 134 valence electrons. The molecular weight excluding hydrogens is 347 g/mol. The first kappa shape index (κ1) is 17.8. The van der Waals surface area contributed by atoms with Crippen LogP contribution in [0.4, 0.5) is 4.39 Å². The first-order valence-electron chi connectivity index (χ1n) is 7.86. The van der Waals surface area contributed by atoms with E-state index in [1.807, 2.05) is 14.0 Å². The second-order valence-corrected chi connectivity index (χ2v) is 7.17. The van der Waals surface area contributed by atoms with Crippen molar-refractivity contribution in [3.05, 3.63) is 34.6 Å². The average molecular weight is 366 g/mol. The van der Waals surface area contributed by atoms with E-state index in [0.29, 0.717) is 30.6 Å². The average Bonchev–Trinajstić information content (AvgIpc) is 3.01. The Hall–Kier alpha value is -2.03. The quantitative estimate of drug-likeness (QED) is 0.877. The minimum absolute atomic E-state index is 0.0673. The Balaban J connectivity index is 1.88. The summed E-state index contributed by atoms with van der Waals surface area (Å²) in [4.78, 5) is 18.6. The Morgan fingerprint density at radius 3 is 3.00 bits per heavy atom. The summed E-state index contributed by atoms with van der Waals surface area (Å²) in [7, 11) is 1.98. The predicted octanol–water partition coefficient (Wildman–Crippen LogP) is 2.67. The molecule has 1 atom stereocenters. The van der Waals surface area contributed by atoms with Crippen molar-refractivity contribution in [2.45, 2.75) is 13.0 Å². The number of hydrogen-bond donors (Lipinski definition) is 1. The van der Waals surface area contributed by atoms with E-state index < -0.39 is 17.3 Å². The molecule has 1 saturated heterocycles. The Labute approximate surface area is 148 Å². The molecule has 25 heavy (non-hydrogen) atoms. The van der Waals surface area contributed by atoms with Crippen LogP contribution in [0.5, 0.6) is 5.75 Å². The topological polar surface area (TPSA) is 71.9 Å². The number of aryl methyl sites for hydroxylation is 1. The van der Waals surface area contributed by atoms with E-state index in [0.717, 1.165) is 11.4 Å². The van der Waals surface area contributed by atoms with Crippen LogP contribution in [0, 0.1) is 12.7 Å². The first-order valence-corrected chi connectivity index (χ1v) is 8.67. The second-order valence-electron chi connectivity index (χ2n) is 5.93. The van der Waals surface area contributed by atoms with Gasteiger partial charge in [0.2, 0.25) is 0 Å². The molecular formula is C17H19FN2O4S. The van der Waals surface area contributed by atoms with Crippen molar-refractivity contribution in [3.8, 4) is 16.3 Å². The number of rotatable bonds is 5. The van der Waals surface area contributed by atoms with Gasteiger partial charge in [-0.15, -0.1) is 11.3 Å². The Bertz CT molecular complexity index is 780. The SMILES string of the molecule is Cc1cnc(-c2cc(OCC3COCCN3C)cc(C(=O)O)c2F)s1. The van der Waals surface area contributed by atoms with Crippen molar-refractivity contribution in [1.29, 1.82) is 0 Å². The third-order valence-electron chi connectivity index (χ3n) is 4.09. The van der Waals surface area contributed by atoms with Crippen LogP contribution >= 0.6 is 11.3 Å². The van der Waals surface area contributed by atoms with Crippen LogP contribution in [0.3, 0.4) is 0 Å². The lowest BCUT2D eigenvalue weighted by Gasteiger charge is -2.32. The maximum absolute atomic E-state index is 14.6. The van der Waals surface area contributed by atoms with Gasteiger partial charge in [0.25, 0.3) is 0 Å². The number of halogens is 1. The molecule has 2 aromatic rings. The lowest BCUT2D eigenvalue weighted by atomic mass is 10.1. The van der Waals surface area contributed by atoms with Crippen LogP contribution in [-0.4, -0.2) is 60.4 Å². The van der Waals surface area contributed by atoms with Gasteiger partial charge in [-0.2, -0.15) is 0 Å². The highest BCUT2D eigenvalue weighted by Crippen LogP contribution is 2.32. The summed E-state index contributed by atoms with van der Waals surface area (Å²) in [6.45, 7) is 4.22. The minimum atomic E-state index is -1.34. The van der Waals surface area contributed by atoms with Crippen LogP contribution in [-0.2, 0) is 4.74 Å². The van der Waals surface area contributed by atoms with E-state index in [1.165, 1.54) is 23.5 Å². The van der Waals surface area contributed by atoms with Gasteiger partial charge < -0.3 is 14.6 Å². The molecule has 0 aliphatic carbocycles. The largest absolute Gasteiger partial charge is 0.492 e. The van der Waals surface area contributed by atoms with Gasteiger partial charge in [0.15, 0.2) is 0 Å². The van der Waals surface area contributed by atoms with Crippen molar-refractivity contribution in [3.63, 3.8) is 0 Å². The van der Waals surface area contributed by atoms with E-state index in [-0.39, 0.29) is 11.6 Å². The zero-order chi connectivity index (χ0) is 18.0. The lowest BCUT2D eigenvalue weighted by Crippen LogP contribution is -2.46. The molecule has 0 amide bonds. The molecule has 1 N–H and O–H groups in total. The summed E-state index contributed by atoms with van der Waals surface area (Å²) in [6, 6.07) is 2.78. The minimum Gasteiger partial charge on any atom is -0.492 e. The van der Waals surface area contributed by atoms with E-state index in [1.54, 1.807) is 6.20 Å². The van der Waals surface area contributed by atoms with Crippen LogP contribution in [0.2, 0.25) is 0 Å². The van der Waals surface area contributed by atoms with E-state index >= 15 is 0 Å². The number of benzene rings is 1. The zero-order valence-electron chi connectivity index (χ0n) is 14.0. The summed E-state index contributed by atoms with van der Waals surface area (Å²) in [6.07, 6.45) is 1.63. The summed E-state index contributed by atoms with van der Waals surface area (Å²) in [5.74, 6) is -1.83. The van der Waals surface area contributed by atoms with E-state index in [9.17, 15) is 14.3 Å². The molecule has 0 radical (unpaired) electrons. The van der Waals surface area contributed by atoms with Crippen molar-refractivity contribution in [2.24, 2.45) is 0 Å². The Kier molecular flexibility index (Phi) is 5.31. The third-order valence-corrected chi connectivity index (χ3v) is 5.04. The van der Waals surface area contributed by atoms with Crippen molar-refractivity contribution in [1.82, 2.24) is 9.88 Å². The monoisotopic (exact) mass is 366 g/mol. The highest BCUT2D eigenvalue weighted by atomic mass is 32.1. The number of nitrogens with zero attached hydrogens (tertiary/aromatic N) is 2. The predicted molar refractivity (Wildman–Crippen MR) is 91.9 cm³/mol. The van der Waals surface area contributed by atoms with Crippen molar-refractivity contribution >= 4 is 17.3 Å². The molecule has 1 aromatic heterocycles. The molecule has 6 nitrogen and oxygen atoms in total. The molecule has 0 bridgehead atoms. The molecule has 1 aliphatic heterocycles. The fourth-order valence-corrected chi connectivity index (χ4v) is 3.35. The van der Waals surface area contributed by atoms with Gasteiger partial charge in [0.05, 0.1) is 30.4 Å². The van der Waals surface area contributed by atoms with Crippen LogP contribution < -0.4 is 4.74 Å². The van der Waals surface area contributed by atoms with Gasteiger partial charge in [-0.05, 0) is 26.1 Å². The normalized spacial score (nSPS) is 18.3. The van der Waals surface area contributed by atoms with Gasteiger partial charge in [-0.3, -0.25) is 4.90 Å². The van der Waals surface area contributed by atoms with E-state index in [4.69, 9.17) is 9.47 Å². The molecule has 2 heterocycles. The maximum atomic E-state index is 14.6. The van der Waals surface area contributed by atoms with Crippen LogP contribution in [0.1, 0.15) is 15.2 Å². The number of aromatic carboxylic acids is 1. The molecule has 1 aliphatic rings. The molecule has 0 saturated carbocycles. The number of thiazole rings is 1. The van der Waals surface area contributed by atoms with Crippen molar-refractivity contribution in [2.75, 3.05) is 33.4 Å². The highest BCUT2D eigenvalue weighted by molar-refractivity contribution is 7.14. The number of carbonyl (C=O) groups is 1. The Morgan fingerprint density at radius 1 is 1.56 bits per heavy atom. The fourth-order valence-electron chi connectivity index (χ4n) is 2.58. The number of likely N-dealkylation sites (N-methyl/N-ethyl adjacent to an activating group) is 1. The summed E-state index contributed by atoms with van der Waals surface area (Å²) in [5, 5.41) is 9.72. The standard InChI is InChI=1S/C17H19FN2O4S/c1-10-7-19-16(25-10)13-5-12(6-14(15(13)18)17(21)22)24-9-11-8-23-4-3-20(11)2/h5-7,11H,3-4,8-9H2,1-2H3,(H,21,22). The van der Waals surface area contributed by atoms with Crippen LogP contribution in [0.15, 0.2) is 18.3 Å². The number of carboxylic acids is 1. The number of hydrogen-bond acceptors (Lipinski definition) is 6. The van der Waals surface area contributed by atoms with Gasteiger partial charge in [-0.25, -0.2) is 14.2 Å². The Morgan fingerprint density at radius 2 is 2.36 bits per heavy atom.